The normalized spacial score (nSPS) is 11.1. The number of fused-ring (bicyclic) bond motifs is 1. The molecule has 2 aromatic heterocycles. The minimum Gasteiger partial charge on any atom is -0.397 e. The summed E-state index contributed by atoms with van der Waals surface area (Å²) >= 11 is 1.60. The highest BCUT2D eigenvalue weighted by Gasteiger charge is 2.09. The van der Waals surface area contributed by atoms with Gasteiger partial charge in [0.1, 0.15) is 0 Å². The van der Waals surface area contributed by atoms with Crippen molar-refractivity contribution in [3.05, 3.63) is 35.2 Å². The zero-order valence-electron chi connectivity index (χ0n) is 8.82. The molecule has 3 aromatic rings. The maximum Gasteiger partial charge on any atom is 0.150 e. The Labute approximate surface area is 96.9 Å². The van der Waals surface area contributed by atoms with E-state index in [1.165, 1.54) is 5.56 Å². The number of anilines is 1. The second kappa shape index (κ2) is 3.35. The lowest BCUT2D eigenvalue weighted by atomic mass is 10.2. The van der Waals surface area contributed by atoms with Crippen molar-refractivity contribution >= 4 is 28.1 Å². The third-order valence-corrected chi connectivity index (χ3v) is 3.49. The van der Waals surface area contributed by atoms with E-state index >= 15 is 0 Å². The van der Waals surface area contributed by atoms with E-state index in [2.05, 4.69) is 29.0 Å². The standard InChI is InChI=1S/C12H11N3S/c1-7-2-3-9-10(6-7)15-12(14-9)11-8(13)4-5-16-11/h2-6H,13H2,1H3,(H,14,15). The van der Waals surface area contributed by atoms with Crippen LogP contribution in [0.15, 0.2) is 29.6 Å². The van der Waals surface area contributed by atoms with Crippen LogP contribution in [-0.4, -0.2) is 9.97 Å². The van der Waals surface area contributed by atoms with E-state index in [9.17, 15) is 0 Å². The molecule has 0 aliphatic heterocycles. The molecule has 0 saturated carbocycles. The number of thiophene rings is 1. The summed E-state index contributed by atoms with van der Waals surface area (Å²) in [6, 6.07) is 8.08. The number of hydrogen-bond acceptors (Lipinski definition) is 3. The van der Waals surface area contributed by atoms with Gasteiger partial charge < -0.3 is 10.7 Å². The topological polar surface area (TPSA) is 54.7 Å². The van der Waals surface area contributed by atoms with Gasteiger partial charge in [0, 0.05) is 0 Å². The molecular formula is C12H11N3S. The SMILES string of the molecule is Cc1ccc2nc(-c3sccc3N)[nH]c2c1. The molecule has 0 spiro atoms. The summed E-state index contributed by atoms with van der Waals surface area (Å²) in [5.74, 6) is 0.855. The van der Waals surface area contributed by atoms with Gasteiger partial charge in [-0.2, -0.15) is 0 Å². The van der Waals surface area contributed by atoms with Gasteiger partial charge in [-0.3, -0.25) is 0 Å². The summed E-state index contributed by atoms with van der Waals surface area (Å²) < 4.78 is 0. The molecule has 1 aromatic carbocycles. The molecule has 3 N–H and O–H groups in total. The van der Waals surface area contributed by atoms with Crippen molar-refractivity contribution in [2.75, 3.05) is 5.73 Å². The maximum atomic E-state index is 5.87. The minimum absolute atomic E-state index is 0.778. The van der Waals surface area contributed by atoms with Gasteiger partial charge in [-0.25, -0.2) is 4.98 Å². The molecule has 0 fully saturated rings. The smallest absolute Gasteiger partial charge is 0.150 e. The number of nitrogens with zero attached hydrogens (tertiary/aromatic N) is 1. The van der Waals surface area contributed by atoms with Gasteiger partial charge in [0.05, 0.1) is 21.6 Å². The van der Waals surface area contributed by atoms with Gasteiger partial charge >= 0.3 is 0 Å². The first kappa shape index (κ1) is 9.42. The lowest BCUT2D eigenvalue weighted by molar-refractivity contribution is 1.36. The molecular weight excluding hydrogens is 218 g/mol. The number of benzene rings is 1. The minimum atomic E-state index is 0.778. The van der Waals surface area contributed by atoms with Gasteiger partial charge in [0.25, 0.3) is 0 Å². The van der Waals surface area contributed by atoms with Crippen LogP contribution in [0, 0.1) is 6.92 Å². The molecule has 0 saturated heterocycles. The number of rotatable bonds is 1. The second-order valence-corrected chi connectivity index (χ2v) is 4.73. The number of nitrogens with two attached hydrogens (primary N) is 1. The summed E-state index contributed by atoms with van der Waals surface area (Å²) in [5, 5.41) is 1.98. The number of H-pyrrole nitrogens is 1. The number of imidazole rings is 1. The van der Waals surface area contributed by atoms with Crippen LogP contribution in [0.3, 0.4) is 0 Å². The van der Waals surface area contributed by atoms with Crippen LogP contribution in [0.25, 0.3) is 21.7 Å². The number of aromatic nitrogens is 2. The molecule has 0 bridgehead atoms. The largest absolute Gasteiger partial charge is 0.397 e. The Morgan fingerprint density at radius 1 is 1.31 bits per heavy atom. The summed E-state index contributed by atoms with van der Waals surface area (Å²) in [7, 11) is 0. The Kier molecular flexibility index (Phi) is 1.97. The van der Waals surface area contributed by atoms with Crippen LogP contribution in [0.1, 0.15) is 5.56 Å². The van der Waals surface area contributed by atoms with E-state index in [-0.39, 0.29) is 0 Å². The first-order chi connectivity index (χ1) is 7.74. The molecule has 3 rings (SSSR count). The highest BCUT2D eigenvalue weighted by Crippen LogP contribution is 2.30. The third kappa shape index (κ3) is 1.39. The van der Waals surface area contributed by atoms with E-state index in [4.69, 9.17) is 5.73 Å². The molecule has 0 atom stereocenters. The summed E-state index contributed by atoms with van der Waals surface area (Å²) in [4.78, 5) is 8.84. The Hall–Kier alpha value is -1.81. The molecule has 80 valence electrons. The number of nitrogen functional groups attached to an aromatic ring is 1. The molecule has 3 nitrogen and oxygen atoms in total. The average molecular weight is 229 g/mol. The highest BCUT2D eigenvalue weighted by atomic mass is 32.1. The molecule has 0 unspecified atom stereocenters. The summed E-state index contributed by atoms with van der Waals surface area (Å²) in [6.45, 7) is 2.07. The van der Waals surface area contributed by atoms with Gasteiger partial charge in [-0.1, -0.05) is 6.07 Å². The predicted molar refractivity (Wildman–Crippen MR) is 68.6 cm³/mol. The highest BCUT2D eigenvalue weighted by molar-refractivity contribution is 7.14. The quantitative estimate of drug-likeness (QED) is 0.673. The van der Waals surface area contributed by atoms with E-state index in [1.54, 1.807) is 11.3 Å². The molecule has 0 amide bonds. The molecule has 2 heterocycles. The number of aromatic amines is 1. The van der Waals surface area contributed by atoms with Gasteiger partial charge in [0.2, 0.25) is 0 Å². The number of nitrogens with one attached hydrogen (secondary N) is 1. The molecule has 4 heteroatoms. The van der Waals surface area contributed by atoms with Crippen molar-refractivity contribution in [3.63, 3.8) is 0 Å². The fourth-order valence-electron chi connectivity index (χ4n) is 1.74. The van der Waals surface area contributed by atoms with Crippen LogP contribution in [0.2, 0.25) is 0 Å². The average Bonchev–Trinajstić information content (AvgIpc) is 2.82. The van der Waals surface area contributed by atoms with Crippen molar-refractivity contribution in [3.8, 4) is 10.7 Å². The Bertz CT molecular complexity index is 651. The first-order valence-electron chi connectivity index (χ1n) is 5.04. The molecule has 0 aliphatic rings. The maximum absolute atomic E-state index is 5.87. The van der Waals surface area contributed by atoms with Crippen molar-refractivity contribution in [2.45, 2.75) is 6.92 Å². The van der Waals surface area contributed by atoms with E-state index in [0.717, 1.165) is 27.4 Å². The zero-order valence-corrected chi connectivity index (χ0v) is 9.64. The zero-order chi connectivity index (χ0) is 11.1. The first-order valence-corrected chi connectivity index (χ1v) is 5.92. The van der Waals surface area contributed by atoms with E-state index in [1.807, 2.05) is 17.5 Å². The predicted octanol–water partition coefficient (Wildman–Crippen LogP) is 3.18. The van der Waals surface area contributed by atoms with Crippen LogP contribution in [-0.2, 0) is 0 Å². The number of aryl methyl sites for hydroxylation is 1. The summed E-state index contributed by atoms with van der Waals surface area (Å²) in [6.07, 6.45) is 0. The lowest BCUT2D eigenvalue weighted by Crippen LogP contribution is -1.84. The van der Waals surface area contributed by atoms with Gasteiger partial charge in [0.15, 0.2) is 5.82 Å². The van der Waals surface area contributed by atoms with Crippen LogP contribution in [0.5, 0.6) is 0 Å². The Balaban J connectivity index is 2.23. The van der Waals surface area contributed by atoms with Crippen molar-refractivity contribution < 1.29 is 0 Å². The summed E-state index contributed by atoms with van der Waals surface area (Å²) in [5.41, 5.74) is 9.92. The number of hydrogen-bond donors (Lipinski definition) is 2. The van der Waals surface area contributed by atoms with Crippen LogP contribution >= 0.6 is 11.3 Å². The lowest BCUT2D eigenvalue weighted by Gasteiger charge is -1.92. The van der Waals surface area contributed by atoms with Crippen molar-refractivity contribution in [1.29, 1.82) is 0 Å². The Morgan fingerprint density at radius 2 is 2.19 bits per heavy atom. The molecule has 0 aliphatic carbocycles. The van der Waals surface area contributed by atoms with Gasteiger partial charge in [-0.05, 0) is 36.1 Å². The van der Waals surface area contributed by atoms with E-state index < -0.39 is 0 Å². The van der Waals surface area contributed by atoms with E-state index in [0.29, 0.717) is 0 Å². The Morgan fingerprint density at radius 3 is 2.94 bits per heavy atom. The third-order valence-electron chi connectivity index (χ3n) is 2.55. The molecule has 0 radical (unpaired) electrons. The fraction of sp³-hybridized carbons (Fsp3) is 0.0833. The second-order valence-electron chi connectivity index (χ2n) is 3.81. The van der Waals surface area contributed by atoms with Gasteiger partial charge in [-0.15, -0.1) is 11.3 Å². The van der Waals surface area contributed by atoms with Crippen molar-refractivity contribution in [1.82, 2.24) is 9.97 Å². The fourth-order valence-corrected chi connectivity index (χ4v) is 2.51. The van der Waals surface area contributed by atoms with Crippen LogP contribution < -0.4 is 5.73 Å². The monoisotopic (exact) mass is 229 g/mol. The van der Waals surface area contributed by atoms with Crippen LogP contribution in [0.4, 0.5) is 5.69 Å². The van der Waals surface area contributed by atoms with Crippen molar-refractivity contribution in [2.24, 2.45) is 0 Å². The molecule has 16 heavy (non-hydrogen) atoms.